The van der Waals surface area contributed by atoms with Crippen LogP contribution < -0.4 is 10.3 Å². The second-order valence-electron chi connectivity index (χ2n) is 4.69. The predicted octanol–water partition coefficient (Wildman–Crippen LogP) is 3.26. The van der Waals surface area contributed by atoms with Crippen LogP contribution in [0.15, 0.2) is 47.3 Å². The normalized spacial score (nSPS) is 10.8. The van der Waals surface area contributed by atoms with Gasteiger partial charge in [-0.1, -0.05) is 11.6 Å². The Hall–Kier alpha value is -2.33. The summed E-state index contributed by atoms with van der Waals surface area (Å²) in [5, 5.41) is 1.21. The largest absolute Gasteiger partial charge is 0.497 e. The predicted molar refractivity (Wildman–Crippen MR) is 84.0 cm³/mol. The molecule has 4 nitrogen and oxygen atoms in total. The van der Waals surface area contributed by atoms with E-state index in [1.165, 1.54) is 4.57 Å². The van der Waals surface area contributed by atoms with Crippen molar-refractivity contribution in [1.82, 2.24) is 9.55 Å². The molecule has 0 saturated carbocycles. The molecule has 0 aliphatic rings. The Bertz CT molecular complexity index is 870. The Morgan fingerprint density at radius 3 is 2.52 bits per heavy atom. The first-order chi connectivity index (χ1) is 10.1. The molecule has 1 aromatic heterocycles. The van der Waals surface area contributed by atoms with Gasteiger partial charge in [0.25, 0.3) is 5.56 Å². The van der Waals surface area contributed by atoms with Gasteiger partial charge in [-0.25, -0.2) is 4.98 Å². The minimum Gasteiger partial charge on any atom is -0.497 e. The van der Waals surface area contributed by atoms with Crippen LogP contribution in [0, 0.1) is 0 Å². The molecule has 0 amide bonds. The molecule has 21 heavy (non-hydrogen) atoms. The van der Waals surface area contributed by atoms with Gasteiger partial charge < -0.3 is 4.74 Å². The molecular weight excluding hydrogens is 288 g/mol. The van der Waals surface area contributed by atoms with Crippen LogP contribution in [-0.2, 0) is 7.05 Å². The highest BCUT2D eigenvalue weighted by atomic mass is 35.5. The van der Waals surface area contributed by atoms with Crippen LogP contribution in [0.3, 0.4) is 0 Å². The van der Waals surface area contributed by atoms with E-state index >= 15 is 0 Å². The number of hydrogen-bond acceptors (Lipinski definition) is 3. The second-order valence-corrected chi connectivity index (χ2v) is 5.13. The fourth-order valence-corrected chi connectivity index (χ4v) is 2.36. The summed E-state index contributed by atoms with van der Waals surface area (Å²) >= 11 is 5.90. The first kappa shape index (κ1) is 13.6. The van der Waals surface area contributed by atoms with Crippen LogP contribution in [0.1, 0.15) is 0 Å². The quantitative estimate of drug-likeness (QED) is 0.729. The van der Waals surface area contributed by atoms with Crippen LogP contribution >= 0.6 is 11.6 Å². The van der Waals surface area contributed by atoms with Crippen molar-refractivity contribution >= 4 is 22.5 Å². The molecule has 3 rings (SSSR count). The lowest BCUT2D eigenvalue weighted by Gasteiger charge is -2.10. The number of aromatic nitrogens is 2. The maximum absolute atomic E-state index is 12.4. The van der Waals surface area contributed by atoms with Crippen molar-refractivity contribution in [3.8, 4) is 17.1 Å². The zero-order valence-electron chi connectivity index (χ0n) is 11.6. The fraction of sp³-hybridized carbons (Fsp3) is 0.125. The topological polar surface area (TPSA) is 44.1 Å². The number of nitrogens with zero attached hydrogens (tertiary/aromatic N) is 2. The summed E-state index contributed by atoms with van der Waals surface area (Å²) in [4.78, 5) is 17.0. The summed E-state index contributed by atoms with van der Waals surface area (Å²) in [5.41, 5.74) is 1.36. The summed E-state index contributed by atoms with van der Waals surface area (Å²) in [6.07, 6.45) is 0. The summed E-state index contributed by atoms with van der Waals surface area (Å²) in [6.45, 7) is 0. The molecular formula is C16H13ClN2O2. The minimum atomic E-state index is -0.0902. The van der Waals surface area contributed by atoms with Crippen molar-refractivity contribution in [3.05, 3.63) is 57.8 Å². The van der Waals surface area contributed by atoms with Crippen molar-refractivity contribution in [2.24, 2.45) is 7.05 Å². The molecule has 0 N–H and O–H groups in total. The molecule has 3 aromatic rings. The van der Waals surface area contributed by atoms with Gasteiger partial charge in [-0.2, -0.15) is 0 Å². The molecule has 0 fully saturated rings. The molecule has 0 saturated heterocycles. The van der Waals surface area contributed by atoms with Gasteiger partial charge in [0.1, 0.15) is 11.6 Å². The third-order valence-corrected chi connectivity index (χ3v) is 3.64. The molecule has 0 radical (unpaired) electrons. The molecule has 0 unspecified atom stereocenters. The molecule has 0 spiro atoms. The number of ether oxygens (including phenoxy) is 1. The molecule has 0 atom stereocenters. The average Bonchev–Trinajstić information content (AvgIpc) is 2.51. The Labute approximate surface area is 126 Å². The van der Waals surface area contributed by atoms with Gasteiger partial charge in [0, 0.05) is 23.7 Å². The summed E-state index contributed by atoms with van der Waals surface area (Å²) in [6, 6.07) is 12.5. The van der Waals surface area contributed by atoms with E-state index in [0.717, 1.165) is 5.56 Å². The van der Waals surface area contributed by atoms with Crippen molar-refractivity contribution in [1.29, 1.82) is 0 Å². The van der Waals surface area contributed by atoms with Crippen LogP contribution in [0.2, 0.25) is 5.02 Å². The van der Waals surface area contributed by atoms with Gasteiger partial charge in [-0.05, 0) is 36.4 Å². The number of rotatable bonds is 2. The lowest BCUT2D eigenvalue weighted by Crippen LogP contribution is -2.20. The Morgan fingerprint density at radius 2 is 1.86 bits per heavy atom. The summed E-state index contributed by atoms with van der Waals surface area (Å²) < 4.78 is 6.73. The number of benzene rings is 2. The van der Waals surface area contributed by atoms with Crippen molar-refractivity contribution in [2.75, 3.05) is 7.11 Å². The van der Waals surface area contributed by atoms with Gasteiger partial charge in [-0.3, -0.25) is 9.36 Å². The van der Waals surface area contributed by atoms with E-state index in [4.69, 9.17) is 16.3 Å². The highest BCUT2D eigenvalue weighted by Crippen LogP contribution is 2.22. The van der Waals surface area contributed by atoms with E-state index in [1.807, 2.05) is 12.1 Å². The van der Waals surface area contributed by atoms with Crippen LogP contribution in [0.5, 0.6) is 5.75 Å². The highest BCUT2D eigenvalue weighted by molar-refractivity contribution is 6.30. The third-order valence-electron chi connectivity index (χ3n) is 3.39. The maximum Gasteiger partial charge on any atom is 0.261 e. The summed E-state index contributed by atoms with van der Waals surface area (Å²) in [7, 11) is 3.30. The molecule has 1 heterocycles. The van der Waals surface area contributed by atoms with Crippen LogP contribution in [-0.4, -0.2) is 16.7 Å². The number of methoxy groups -OCH3 is 1. The van der Waals surface area contributed by atoms with Gasteiger partial charge >= 0.3 is 0 Å². The van der Waals surface area contributed by atoms with E-state index < -0.39 is 0 Å². The first-order valence-corrected chi connectivity index (χ1v) is 6.78. The van der Waals surface area contributed by atoms with Gasteiger partial charge in [0.2, 0.25) is 0 Å². The number of fused-ring (bicyclic) bond motifs is 1. The molecule has 2 aromatic carbocycles. The smallest absolute Gasteiger partial charge is 0.261 e. The molecule has 5 heteroatoms. The zero-order chi connectivity index (χ0) is 15.0. The molecule has 0 aliphatic heterocycles. The van der Waals surface area contributed by atoms with E-state index in [1.54, 1.807) is 44.5 Å². The van der Waals surface area contributed by atoms with E-state index in [0.29, 0.717) is 27.5 Å². The van der Waals surface area contributed by atoms with Crippen LogP contribution in [0.4, 0.5) is 0 Å². The first-order valence-electron chi connectivity index (χ1n) is 6.41. The van der Waals surface area contributed by atoms with Crippen molar-refractivity contribution < 1.29 is 4.74 Å². The highest BCUT2D eigenvalue weighted by Gasteiger charge is 2.10. The standard InChI is InChI=1S/C16H13ClN2O2/c1-19-15(10-3-5-11(17)6-4-10)18-14-9-12(21-2)7-8-13(14)16(19)20/h3-9H,1-2H3. The monoisotopic (exact) mass is 300 g/mol. The maximum atomic E-state index is 12.4. The molecule has 106 valence electrons. The molecule has 0 bridgehead atoms. The van der Waals surface area contributed by atoms with Gasteiger partial charge in [0.05, 0.1) is 18.0 Å². The number of halogens is 1. The molecule has 0 aliphatic carbocycles. The van der Waals surface area contributed by atoms with E-state index in [2.05, 4.69) is 4.98 Å². The Balaban J connectivity index is 2.30. The van der Waals surface area contributed by atoms with Gasteiger partial charge in [-0.15, -0.1) is 0 Å². The van der Waals surface area contributed by atoms with Crippen molar-refractivity contribution in [2.45, 2.75) is 0 Å². The fourth-order valence-electron chi connectivity index (χ4n) is 2.23. The van der Waals surface area contributed by atoms with E-state index in [9.17, 15) is 4.79 Å². The lowest BCUT2D eigenvalue weighted by atomic mass is 10.2. The Morgan fingerprint density at radius 1 is 1.14 bits per heavy atom. The van der Waals surface area contributed by atoms with E-state index in [-0.39, 0.29) is 5.56 Å². The van der Waals surface area contributed by atoms with Gasteiger partial charge in [0.15, 0.2) is 0 Å². The average molecular weight is 301 g/mol. The zero-order valence-corrected chi connectivity index (χ0v) is 12.4. The minimum absolute atomic E-state index is 0.0902. The summed E-state index contributed by atoms with van der Waals surface area (Å²) in [5.74, 6) is 1.27. The number of hydrogen-bond donors (Lipinski definition) is 0. The third kappa shape index (κ3) is 2.38. The van der Waals surface area contributed by atoms with Crippen LogP contribution in [0.25, 0.3) is 22.3 Å². The van der Waals surface area contributed by atoms with Crippen molar-refractivity contribution in [3.63, 3.8) is 0 Å². The Kier molecular flexibility index (Phi) is 3.39. The lowest BCUT2D eigenvalue weighted by molar-refractivity contribution is 0.415. The second kappa shape index (κ2) is 5.22. The SMILES string of the molecule is COc1ccc2c(=O)n(C)c(-c3ccc(Cl)cc3)nc2c1.